The summed E-state index contributed by atoms with van der Waals surface area (Å²) in [5.41, 5.74) is 6.64. The number of nitrogens with zero attached hydrogens (tertiary/aromatic N) is 1. The van der Waals surface area contributed by atoms with Crippen LogP contribution in [-0.2, 0) is 11.4 Å². The van der Waals surface area contributed by atoms with Crippen molar-refractivity contribution < 1.29 is 14.3 Å². The molecule has 2 aromatic carbocycles. The van der Waals surface area contributed by atoms with Crippen LogP contribution in [0.1, 0.15) is 18.1 Å². The van der Waals surface area contributed by atoms with Crippen molar-refractivity contribution in [1.29, 1.82) is 5.26 Å². The van der Waals surface area contributed by atoms with Gasteiger partial charge in [0.15, 0.2) is 11.5 Å². The number of halogens is 2. The van der Waals surface area contributed by atoms with Gasteiger partial charge in [-0.05, 0) is 52.7 Å². The van der Waals surface area contributed by atoms with Crippen LogP contribution in [0.3, 0.4) is 0 Å². The molecule has 0 aliphatic carbocycles. The molecule has 0 saturated heterocycles. The average molecular weight is 480 g/mol. The van der Waals surface area contributed by atoms with Crippen LogP contribution in [0.4, 0.5) is 0 Å². The molecule has 2 aromatic rings. The lowest BCUT2D eigenvalue weighted by molar-refractivity contribution is -0.114. The summed E-state index contributed by atoms with van der Waals surface area (Å²) in [7, 11) is 0. The number of carbonyl (C=O) groups excluding carboxylic acids is 1. The van der Waals surface area contributed by atoms with Crippen molar-refractivity contribution in [3.63, 3.8) is 0 Å². The van der Waals surface area contributed by atoms with E-state index in [1.165, 1.54) is 6.08 Å². The van der Waals surface area contributed by atoms with Crippen LogP contribution in [0, 0.1) is 11.3 Å². The predicted molar refractivity (Wildman–Crippen MR) is 107 cm³/mol. The van der Waals surface area contributed by atoms with Gasteiger partial charge < -0.3 is 15.2 Å². The number of rotatable bonds is 7. The van der Waals surface area contributed by atoms with E-state index in [9.17, 15) is 4.79 Å². The van der Waals surface area contributed by atoms with Gasteiger partial charge in [-0.25, -0.2) is 0 Å². The Labute approximate surface area is 168 Å². The van der Waals surface area contributed by atoms with E-state index in [0.29, 0.717) is 34.7 Å². The molecule has 2 N–H and O–H groups in total. The van der Waals surface area contributed by atoms with Gasteiger partial charge in [-0.1, -0.05) is 34.1 Å². The first-order valence-corrected chi connectivity index (χ1v) is 9.29. The van der Waals surface area contributed by atoms with Crippen molar-refractivity contribution in [1.82, 2.24) is 0 Å². The monoisotopic (exact) mass is 478 g/mol. The van der Waals surface area contributed by atoms with Crippen LogP contribution >= 0.6 is 31.9 Å². The van der Waals surface area contributed by atoms with Crippen molar-refractivity contribution >= 4 is 43.8 Å². The van der Waals surface area contributed by atoms with Gasteiger partial charge in [0.1, 0.15) is 18.2 Å². The van der Waals surface area contributed by atoms with Gasteiger partial charge in [-0.2, -0.15) is 5.26 Å². The number of ether oxygens (including phenoxy) is 2. The maximum absolute atomic E-state index is 11.2. The van der Waals surface area contributed by atoms with Gasteiger partial charge in [0.2, 0.25) is 0 Å². The summed E-state index contributed by atoms with van der Waals surface area (Å²) in [5.74, 6) is 0.259. The van der Waals surface area contributed by atoms with Gasteiger partial charge in [0, 0.05) is 10.0 Å². The Morgan fingerprint density at radius 2 is 1.96 bits per heavy atom. The highest BCUT2D eigenvalue weighted by Gasteiger charge is 2.14. The van der Waals surface area contributed by atoms with E-state index in [0.717, 1.165) is 10.0 Å². The van der Waals surface area contributed by atoms with Crippen molar-refractivity contribution in [2.24, 2.45) is 5.73 Å². The number of carbonyl (C=O) groups is 1. The molecule has 0 aliphatic rings. The zero-order chi connectivity index (χ0) is 19.1. The smallest absolute Gasteiger partial charge is 0.259 e. The minimum atomic E-state index is -0.782. The summed E-state index contributed by atoms with van der Waals surface area (Å²) in [5, 5.41) is 9.00. The molecule has 26 heavy (non-hydrogen) atoms. The Bertz CT molecular complexity index is 889. The van der Waals surface area contributed by atoms with E-state index in [4.69, 9.17) is 20.5 Å². The molecule has 0 aliphatic heterocycles. The third-order valence-corrected chi connectivity index (χ3v) is 4.72. The minimum Gasteiger partial charge on any atom is -0.490 e. The molecule has 1 amide bonds. The summed E-state index contributed by atoms with van der Waals surface area (Å²) in [6.07, 6.45) is 1.41. The van der Waals surface area contributed by atoms with Crippen molar-refractivity contribution in [3.8, 4) is 17.6 Å². The second-order valence-electron chi connectivity index (χ2n) is 5.18. The SMILES string of the molecule is CCOc1cc(/C=C(\C#N)C(N)=O)cc(Br)c1OCc1ccccc1Br. The van der Waals surface area contributed by atoms with Crippen LogP contribution in [0.2, 0.25) is 0 Å². The molecule has 0 aromatic heterocycles. The lowest BCUT2D eigenvalue weighted by Gasteiger charge is -2.15. The van der Waals surface area contributed by atoms with Crippen LogP contribution in [0.25, 0.3) is 6.08 Å². The fourth-order valence-corrected chi connectivity index (χ4v) is 3.14. The van der Waals surface area contributed by atoms with E-state index < -0.39 is 5.91 Å². The van der Waals surface area contributed by atoms with Crippen molar-refractivity contribution in [2.75, 3.05) is 6.61 Å². The molecule has 2 rings (SSSR count). The largest absolute Gasteiger partial charge is 0.490 e. The Morgan fingerprint density at radius 3 is 2.58 bits per heavy atom. The maximum Gasteiger partial charge on any atom is 0.259 e. The molecule has 0 saturated carbocycles. The van der Waals surface area contributed by atoms with Gasteiger partial charge in [-0.3, -0.25) is 4.79 Å². The molecule has 0 atom stereocenters. The zero-order valence-electron chi connectivity index (χ0n) is 14.0. The molecular formula is C19H16Br2N2O3. The summed E-state index contributed by atoms with van der Waals surface area (Å²) in [4.78, 5) is 11.2. The molecule has 0 heterocycles. The highest BCUT2D eigenvalue weighted by Crippen LogP contribution is 2.38. The quantitative estimate of drug-likeness (QED) is 0.465. The van der Waals surface area contributed by atoms with E-state index in [2.05, 4.69) is 31.9 Å². The molecule has 0 unspecified atom stereocenters. The summed E-state index contributed by atoms with van der Waals surface area (Å²) < 4.78 is 13.2. The van der Waals surface area contributed by atoms with E-state index >= 15 is 0 Å². The third kappa shape index (κ3) is 5.10. The minimum absolute atomic E-state index is 0.138. The Balaban J connectivity index is 2.36. The topological polar surface area (TPSA) is 85.3 Å². The number of amides is 1. The predicted octanol–water partition coefficient (Wildman–Crippen LogP) is 4.58. The first-order chi connectivity index (χ1) is 12.5. The van der Waals surface area contributed by atoms with Crippen molar-refractivity contribution in [2.45, 2.75) is 13.5 Å². The van der Waals surface area contributed by atoms with E-state index in [1.54, 1.807) is 18.2 Å². The molecule has 7 heteroatoms. The zero-order valence-corrected chi connectivity index (χ0v) is 17.1. The second kappa shape index (κ2) is 9.41. The van der Waals surface area contributed by atoms with Crippen LogP contribution in [0.15, 0.2) is 50.9 Å². The number of hydrogen-bond acceptors (Lipinski definition) is 4. The van der Waals surface area contributed by atoms with Gasteiger partial charge in [0.25, 0.3) is 5.91 Å². The average Bonchev–Trinajstić information content (AvgIpc) is 2.60. The fraction of sp³-hybridized carbons (Fsp3) is 0.158. The highest BCUT2D eigenvalue weighted by atomic mass is 79.9. The Kier molecular flexibility index (Phi) is 7.25. The van der Waals surface area contributed by atoms with Gasteiger partial charge in [0.05, 0.1) is 11.1 Å². The molecule has 5 nitrogen and oxygen atoms in total. The third-order valence-electron chi connectivity index (χ3n) is 3.36. The molecular weight excluding hydrogens is 464 g/mol. The summed E-state index contributed by atoms with van der Waals surface area (Å²) in [6, 6.07) is 13.0. The Hall–Kier alpha value is -2.30. The normalized spacial score (nSPS) is 10.9. The lowest BCUT2D eigenvalue weighted by atomic mass is 10.1. The molecule has 0 bridgehead atoms. The molecule has 0 spiro atoms. The maximum atomic E-state index is 11.2. The number of nitriles is 1. The number of benzene rings is 2. The van der Waals surface area contributed by atoms with E-state index in [1.807, 2.05) is 31.2 Å². The second-order valence-corrected chi connectivity index (χ2v) is 6.89. The van der Waals surface area contributed by atoms with Crippen LogP contribution in [-0.4, -0.2) is 12.5 Å². The number of hydrogen-bond donors (Lipinski definition) is 1. The Morgan fingerprint density at radius 1 is 1.23 bits per heavy atom. The number of primary amides is 1. The summed E-state index contributed by atoms with van der Waals surface area (Å²) in [6.45, 7) is 2.64. The number of nitrogens with two attached hydrogens (primary N) is 1. The summed E-state index contributed by atoms with van der Waals surface area (Å²) >= 11 is 6.96. The molecule has 0 fully saturated rings. The molecule has 0 radical (unpaired) electrons. The highest BCUT2D eigenvalue weighted by molar-refractivity contribution is 9.10. The van der Waals surface area contributed by atoms with E-state index in [-0.39, 0.29) is 5.57 Å². The van der Waals surface area contributed by atoms with Gasteiger partial charge >= 0.3 is 0 Å². The first-order valence-electron chi connectivity index (χ1n) is 7.70. The fourth-order valence-electron chi connectivity index (χ4n) is 2.16. The van der Waals surface area contributed by atoms with Crippen molar-refractivity contribution in [3.05, 3.63) is 62.0 Å². The van der Waals surface area contributed by atoms with Gasteiger partial charge in [-0.15, -0.1) is 0 Å². The first kappa shape index (κ1) is 20.0. The lowest BCUT2D eigenvalue weighted by Crippen LogP contribution is -2.12. The van der Waals surface area contributed by atoms with Crippen LogP contribution < -0.4 is 15.2 Å². The standard InChI is InChI=1S/C19H16Br2N2O3/c1-2-25-17-9-12(7-14(10-22)19(23)24)8-16(21)18(17)26-11-13-5-3-4-6-15(13)20/h3-9H,2,11H2,1H3,(H2,23,24)/b14-7+. The molecule has 134 valence electrons. The van der Waals surface area contributed by atoms with Crippen LogP contribution in [0.5, 0.6) is 11.5 Å².